The molecule has 0 spiro atoms. The van der Waals surface area contributed by atoms with Crippen LogP contribution in [-0.4, -0.2) is 38.1 Å². The normalized spacial score (nSPS) is 20.7. The summed E-state index contributed by atoms with van der Waals surface area (Å²) in [4.78, 5) is 6.34. The highest BCUT2D eigenvalue weighted by atomic mass is 19.1. The van der Waals surface area contributed by atoms with Gasteiger partial charge in [0.05, 0.1) is 7.11 Å². The molecule has 1 aromatic rings. The fourth-order valence-electron chi connectivity index (χ4n) is 2.78. The van der Waals surface area contributed by atoms with Crippen LogP contribution in [-0.2, 0) is 6.54 Å². The lowest BCUT2D eigenvalue weighted by atomic mass is 10.2. The third kappa shape index (κ3) is 4.12. The van der Waals surface area contributed by atoms with Crippen LogP contribution in [0.15, 0.2) is 23.2 Å². The summed E-state index contributed by atoms with van der Waals surface area (Å²) in [5.74, 6) is 1.57. The number of ether oxygens (including phenoxy) is 1. The minimum Gasteiger partial charge on any atom is -0.494 e. The standard InChI is InChI=1S/C17H26FN3O/c1-5-6-13-10-15(13)20-17(19-2)21(3)11-12-7-8-16(22-4)14(18)9-12/h7-9,13,15H,5-6,10-11H2,1-4H3,(H,19,20). The van der Waals surface area contributed by atoms with Gasteiger partial charge in [-0.05, 0) is 36.5 Å². The van der Waals surface area contributed by atoms with E-state index in [1.165, 1.54) is 32.4 Å². The molecule has 0 saturated heterocycles. The summed E-state index contributed by atoms with van der Waals surface area (Å²) in [6.45, 7) is 2.82. The third-order valence-electron chi connectivity index (χ3n) is 4.11. The van der Waals surface area contributed by atoms with E-state index in [1.54, 1.807) is 13.1 Å². The van der Waals surface area contributed by atoms with E-state index in [2.05, 4.69) is 17.2 Å². The molecular formula is C17H26FN3O. The van der Waals surface area contributed by atoms with Gasteiger partial charge in [-0.1, -0.05) is 19.4 Å². The highest BCUT2D eigenvalue weighted by molar-refractivity contribution is 5.80. The first-order valence-electron chi connectivity index (χ1n) is 7.85. The van der Waals surface area contributed by atoms with Crippen LogP contribution in [0.5, 0.6) is 5.75 Å². The molecule has 2 atom stereocenters. The highest BCUT2D eigenvalue weighted by Gasteiger charge is 2.37. The van der Waals surface area contributed by atoms with Gasteiger partial charge in [0.25, 0.3) is 0 Å². The van der Waals surface area contributed by atoms with Crippen molar-refractivity contribution >= 4 is 5.96 Å². The first-order valence-corrected chi connectivity index (χ1v) is 7.85. The topological polar surface area (TPSA) is 36.9 Å². The summed E-state index contributed by atoms with van der Waals surface area (Å²) in [5.41, 5.74) is 0.893. The van der Waals surface area contributed by atoms with Crippen LogP contribution in [0.3, 0.4) is 0 Å². The van der Waals surface area contributed by atoms with Crippen molar-refractivity contribution in [1.29, 1.82) is 0 Å². The number of rotatable bonds is 6. The number of halogens is 1. The Hall–Kier alpha value is -1.78. The molecule has 0 aromatic heterocycles. The second kappa shape index (κ2) is 7.47. The average molecular weight is 307 g/mol. The van der Waals surface area contributed by atoms with Gasteiger partial charge in [0, 0.05) is 26.7 Å². The molecule has 5 heteroatoms. The number of nitrogens with zero attached hydrogens (tertiary/aromatic N) is 2. The van der Waals surface area contributed by atoms with Crippen LogP contribution in [0.25, 0.3) is 0 Å². The van der Waals surface area contributed by atoms with Gasteiger partial charge in [-0.25, -0.2) is 4.39 Å². The van der Waals surface area contributed by atoms with Gasteiger partial charge in [-0.2, -0.15) is 0 Å². The molecule has 0 heterocycles. The van der Waals surface area contributed by atoms with Crippen molar-refractivity contribution in [2.24, 2.45) is 10.9 Å². The van der Waals surface area contributed by atoms with E-state index in [0.717, 1.165) is 17.4 Å². The van der Waals surface area contributed by atoms with Gasteiger partial charge < -0.3 is 15.0 Å². The van der Waals surface area contributed by atoms with Crippen molar-refractivity contribution in [2.75, 3.05) is 21.2 Å². The van der Waals surface area contributed by atoms with E-state index in [4.69, 9.17) is 4.74 Å². The number of hydrogen-bond acceptors (Lipinski definition) is 2. The number of aliphatic imine (C=N–C) groups is 1. The maximum absolute atomic E-state index is 13.8. The summed E-state index contributed by atoms with van der Waals surface area (Å²) in [6.07, 6.45) is 3.71. The molecule has 1 aliphatic rings. The molecule has 1 N–H and O–H groups in total. The Morgan fingerprint density at radius 3 is 2.86 bits per heavy atom. The molecule has 2 unspecified atom stereocenters. The lowest BCUT2D eigenvalue weighted by Gasteiger charge is -2.22. The molecule has 1 aliphatic carbocycles. The minimum atomic E-state index is -0.332. The van der Waals surface area contributed by atoms with Crippen molar-refractivity contribution in [1.82, 2.24) is 10.2 Å². The summed E-state index contributed by atoms with van der Waals surface area (Å²) >= 11 is 0. The molecule has 1 fully saturated rings. The van der Waals surface area contributed by atoms with Gasteiger partial charge in [0.15, 0.2) is 17.5 Å². The maximum atomic E-state index is 13.8. The molecule has 22 heavy (non-hydrogen) atoms. The minimum absolute atomic E-state index is 0.272. The second-order valence-corrected chi connectivity index (χ2v) is 5.91. The van der Waals surface area contributed by atoms with E-state index in [-0.39, 0.29) is 11.6 Å². The lowest BCUT2D eigenvalue weighted by molar-refractivity contribution is 0.385. The van der Waals surface area contributed by atoms with Crippen LogP contribution >= 0.6 is 0 Å². The largest absolute Gasteiger partial charge is 0.494 e. The number of guanidine groups is 1. The predicted molar refractivity (Wildman–Crippen MR) is 87.7 cm³/mol. The smallest absolute Gasteiger partial charge is 0.193 e. The SMILES string of the molecule is CCCC1CC1NC(=NC)N(C)Cc1ccc(OC)c(F)c1. The van der Waals surface area contributed by atoms with Crippen molar-refractivity contribution in [2.45, 2.75) is 38.8 Å². The Labute approximate surface area is 132 Å². The third-order valence-corrected chi connectivity index (χ3v) is 4.11. The summed E-state index contributed by atoms with van der Waals surface area (Å²) < 4.78 is 18.7. The Kier molecular flexibility index (Phi) is 5.63. The fraction of sp³-hybridized carbons (Fsp3) is 0.588. The number of methoxy groups -OCH3 is 1. The van der Waals surface area contributed by atoms with Crippen LogP contribution in [0.1, 0.15) is 31.7 Å². The van der Waals surface area contributed by atoms with Crippen LogP contribution < -0.4 is 10.1 Å². The first kappa shape index (κ1) is 16.6. The van der Waals surface area contributed by atoms with Crippen LogP contribution in [0.2, 0.25) is 0 Å². The molecule has 0 amide bonds. The summed E-state index contributed by atoms with van der Waals surface area (Å²) in [6, 6.07) is 5.59. The first-order chi connectivity index (χ1) is 10.6. The van der Waals surface area contributed by atoms with E-state index in [0.29, 0.717) is 12.6 Å². The number of nitrogens with one attached hydrogen (secondary N) is 1. The number of benzene rings is 1. The van der Waals surface area contributed by atoms with Crippen LogP contribution in [0, 0.1) is 11.7 Å². The molecule has 4 nitrogen and oxygen atoms in total. The van der Waals surface area contributed by atoms with Gasteiger partial charge in [-0.15, -0.1) is 0 Å². The quantitative estimate of drug-likeness (QED) is 0.648. The van der Waals surface area contributed by atoms with Gasteiger partial charge in [0.1, 0.15) is 0 Å². The molecule has 1 saturated carbocycles. The zero-order valence-corrected chi connectivity index (χ0v) is 13.9. The Morgan fingerprint density at radius 2 is 2.27 bits per heavy atom. The van der Waals surface area contributed by atoms with Crippen molar-refractivity contribution < 1.29 is 9.13 Å². The predicted octanol–water partition coefficient (Wildman–Crippen LogP) is 3.03. The molecule has 122 valence electrons. The van der Waals surface area contributed by atoms with E-state index in [9.17, 15) is 4.39 Å². The Balaban J connectivity index is 1.92. The van der Waals surface area contributed by atoms with Crippen molar-refractivity contribution in [3.8, 4) is 5.75 Å². The molecular weight excluding hydrogens is 281 g/mol. The van der Waals surface area contributed by atoms with E-state index in [1.807, 2.05) is 18.0 Å². The Morgan fingerprint density at radius 1 is 1.50 bits per heavy atom. The average Bonchev–Trinajstić information content (AvgIpc) is 3.23. The maximum Gasteiger partial charge on any atom is 0.193 e. The molecule has 2 rings (SSSR count). The molecule has 1 aromatic carbocycles. The number of hydrogen-bond donors (Lipinski definition) is 1. The Bertz CT molecular complexity index is 533. The zero-order chi connectivity index (χ0) is 16.1. The van der Waals surface area contributed by atoms with Crippen molar-refractivity contribution in [3.05, 3.63) is 29.6 Å². The highest BCUT2D eigenvalue weighted by Crippen LogP contribution is 2.34. The van der Waals surface area contributed by atoms with E-state index >= 15 is 0 Å². The van der Waals surface area contributed by atoms with Crippen LogP contribution in [0.4, 0.5) is 4.39 Å². The van der Waals surface area contributed by atoms with Gasteiger partial charge in [-0.3, -0.25) is 4.99 Å². The van der Waals surface area contributed by atoms with Gasteiger partial charge >= 0.3 is 0 Å². The van der Waals surface area contributed by atoms with E-state index < -0.39 is 0 Å². The van der Waals surface area contributed by atoms with Crippen molar-refractivity contribution in [3.63, 3.8) is 0 Å². The monoisotopic (exact) mass is 307 g/mol. The molecule has 0 radical (unpaired) electrons. The molecule has 0 aliphatic heterocycles. The summed E-state index contributed by atoms with van der Waals surface area (Å²) in [5, 5.41) is 3.49. The molecule has 0 bridgehead atoms. The fourth-order valence-corrected chi connectivity index (χ4v) is 2.78. The summed E-state index contributed by atoms with van der Waals surface area (Å²) in [7, 11) is 5.22. The lowest BCUT2D eigenvalue weighted by Crippen LogP contribution is -2.40. The van der Waals surface area contributed by atoms with Gasteiger partial charge in [0.2, 0.25) is 0 Å². The zero-order valence-electron chi connectivity index (χ0n) is 13.9. The second-order valence-electron chi connectivity index (χ2n) is 5.91.